The molecule has 1 saturated carbocycles. The highest BCUT2D eigenvalue weighted by atomic mass is 16.1. The van der Waals surface area contributed by atoms with Gasteiger partial charge in [-0.05, 0) is 37.5 Å². The second-order valence-corrected chi connectivity index (χ2v) is 5.63. The van der Waals surface area contributed by atoms with Crippen molar-refractivity contribution in [2.75, 3.05) is 6.54 Å². The zero-order chi connectivity index (χ0) is 12.1. The Bertz CT molecular complexity index is 228. The van der Waals surface area contributed by atoms with Crippen molar-refractivity contribution in [1.82, 2.24) is 5.32 Å². The molecule has 0 radical (unpaired) electrons. The van der Waals surface area contributed by atoms with Gasteiger partial charge in [0.15, 0.2) is 0 Å². The van der Waals surface area contributed by atoms with Crippen LogP contribution in [-0.2, 0) is 4.79 Å². The van der Waals surface area contributed by atoms with E-state index in [1.165, 1.54) is 0 Å². The van der Waals surface area contributed by atoms with Crippen LogP contribution in [0, 0.1) is 17.8 Å². The van der Waals surface area contributed by atoms with Crippen LogP contribution in [0.2, 0.25) is 0 Å². The molecule has 3 nitrogen and oxygen atoms in total. The van der Waals surface area contributed by atoms with E-state index in [1.807, 2.05) is 0 Å². The Morgan fingerprint density at radius 1 is 1.44 bits per heavy atom. The SMILES string of the molecule is CC(C)CCNC(=O)C1CC(N)CCC1C. The van der Waals surface area contributed by atoms with E-state index < -0.39 is 0 Å². The largest absolute Gasteiger partial charge is 0.356 e. The predicted molar refractivity (Wildman–Crippen MR) is 66.9 cm³/mol. The van der Waals surface area contributed by atoms with E-state index in [1.54, 1.807) is 0 Å². The van der Waals surface area contributed by atoms with Crippen LogP contribution in [0.1, 0.15) is 46.5 Å². The third kappa shape index (κ3) is 4.12. The minimum absolute atomic E-state index is 0.135. The van der Waals surface area contributed by atoms with Gasteiger partial charge in [-0.3, -0.25) is 4.79 Å². The minimum atomic E-state index is 0.135. The molecule has 16 heavy (non-hydrogen) atoms. The number of hydrogen-bond acceptors (Lipinski definition) is 2. The number of carbonyl (C=O) groups excluding carboxylic acids is 1. The average Bonchev–Trinajstić information content (AvgIpc) is 2.21. The maximum Gasteiger partial charge on any atom is 0.223 e. The van der Waals surface area contributed by atoms with Gasteiger partial charge in [0.05, 0.1) is 0 Å². The van der Waals surface area contributed by atoms with E-state index in [0.29, 0.717) is 11.8 Å². The molecule has 0 spiro atoms. The van der Waals surface area contributed by atoms with Crippen LogP contribution in [0.5, 0.6) is 0 Å². The molecule has 0 aromatic rings. The Labute approximate surface area is 99.2 Å². The monoisotopic (exact) mass is 226 g/mol. The summed E-state index contributed by atoms with van der Waals surface area (Å²) in [6.07, 6.45) is 4.06. The van der Waals surface area contributed by atoms with Crippen LogP contribution in [0.3, 0.4) is 0 Å². The lowest BCUT2D eigenvalue weighted by Crippen LogP contribution is -2.42. The van der Waals surface area contributed by atoms with E-state index in [0.717, 1.165) is 32.2 Å². The molecule has 3 N–H and O–H groups in total. The summed E-state index contributed by atoms with van der Waals surface area (Å²) in [5.74, 6) is 1.48. The number of nitrogens with one attached hydrogen (secondary N) is 1. The van der Waals surface area contributed by atoms with E-state index >= 15 is 0 Å². The molecule has 0 saturated heterocycles. The smallest absolute Gasteiger partial charge is 0.223 e. The van der Waals surface area contributed by atoms with E-state index in [9.17, 15) is 4.79 Å². The molecule has 0 aromatic carbocycles. The van der Waals surface area contributed by atoms with Gasteiger partial charge in [0.1, 0.15) is 0 Å². The first-order valence-electron chi connectivity index (χ1n) is 6.54. The lowest BCUT2D eigenvalue weighted by Gasteiger charge is -2.31. The van der Waals surface area contributed by atoms with Crippen molar-refractivity contribution >= 4 is 5.91 Å². The van der Waals surface area contributed by atoms with Crippen LogP contribution in [-0.4, -0.2) is 18.5 Å². The van der Waals surface area contributed by atoms with Crippen LogP contribution < -0.4 is 11.1 Å². The number of hydrogen-bond donors (Lipinski definition) is 2. The van der Waals surface area contributed by atoms with Gasteiger partial charge in [-0.1, -0.05) is 20.8 Å². The Morgan fingerprint density at radius 3 is 2.75 bits per heavy atom. The van der Waals surface area contributed by atoms with E-state index in [4.69, 9.17) is 5.73 Å². The van der Waals surface area contributed by atoms with Gasteiger partial charge < -0.3 is 11.1 Å². The van der Waals surface area contributed by atoms with Gasteiger partial charge in [0.2, 0.25) is 5.91 Å². The summed E-state index contributed by atoms with van der Waals surface area (Å²) in [5, 5.41) is 3.04. The molecule has 0 bridgehead atoms. The zero-order valence-corrected chi connectivity index (χ0v) is 10.8. The fourth-order valence-electron chi connectivity index (χ4n) is 2.34. The molecule has 1 aliphatic carbocycles. The quantitative estimate of drug-likeness (QED) is 0.769. The van der Waals surface area contributed by atoms with Crippen molar-refractivity contribution in [2.45, 2.75) is 52.5 Å². The number of amides is 1. The summed E-state index contributed by atoms with van der Waals surface area (Å²) in [6, 6.07) is 0.219. The second kappa shape index (κ2) is 6.24. The first-order valence-corrected chi connectivity index (χ1v) is 6.54. The second-order valence-electron chi connectivity index (χ2n) is 5.63. The fraction of sp³-hybridized carbons (Fsp3) is 0.923. The molecular formula is C13H26N2O. The minimum Gasteiger partial charge on any atom is -0.356 e. The number of nitrogens with two attached hydrogens (primary N) is 1. The first-order chi connectivity index (χ1) is 7.50. The average molecular weight is 226 g/mol. The van der Waals surface area contributed by atoms with Gasteiger partial charge in [0, 0.05) is 18.5 Å². The van der Waals surface area contributed by atoms with Gasteiger partial charge in [-0.15, -0.1) is 0 Å². The molecule has 1 rings (SSSR count). The molecule has 0 heterocycles. The topological polar surface area (TPSA) is 55.1 Å². The Kier molecular flexibility index (Phi) is 5.26. The van der Waals surface area contributed by atoms with Gasteiger partial charge in [-0.2, -0.15) is 0 Å². The molecule has 0 aromatic heterocycles. The molecular weight excluding hydrogens is 200 g/mol. The molecule has 1 aliphatic rings. The summed E-state index contributed by atoms with van der Waals surface area (Å²) in [7, 11) is 0. The number of rotatable bonds is 4. The predicted octanol–water partition coefficient (Wildman–Crippen LogP) is 1.91. The Balaban J connectivity index is 2.34. The van der Waals surface area contributed by atoms with E-state index in [-0.39, 0.29) is 17.9 Å². The molecule has 1 fully saturated rings. The summed E-state index contributed by atoms with van der Waals surface area (Å²) < 4.78 is 0. The highest BCUT2D eigenvalue weighted by molar-refractivity contribution is 5.79. The maximum absolute atomic E-state index is 12.0. The lowest BCUT2D eigenvalue weighted by molar-refractivity contribution is -0.127. The van der Waals surface area contributed by atoms with Crippen molar-refractivity contribution in [3.63, 3.8) is 0 Å². The zero-order valence-electron chi connectivity index (χ0n) is 10.8. The van der Waals surface area contributed by atoms with Crippen molar-refractivity contribution in [3.05, 3.63) is 0 Å². The van der Waals surface area contributed by atoms with Crippen LogP contribution in [0.4, 0.5) is 0 Å². The van der Waals surface area contributed by atoms with Gasteiger partial charge in [0.25, 0.3) is 0 Å². The lowest BCUT2D eigenvalue weighted by atomic mass is 9.77. The van der Waals surface area contributed by atoms with Crippen molar-refractivity contribution in [2.24, 2.45) is 23.5 Å². The highest BCUT2D eigenvalue weighted by Crippen LogP contribution is 2.29. The highest BCUT2D eigenvalue weighted by Gasteiger charge is 2.30. The summed E-state index contributed by atoms with van der Waals surface area (Å²) >= 11 is 0. The Hall–Kier alpha value is -0.570. The molecule has 3 atom stereocenters. The standard InChI is InChI=1S/C13H26N2O/c1-9(2)6-7-15-13(16)12-8-11(14)5-4-10(12)3/h9-12H,4-8,14H2,1-3H3,(H,15,16). The number of carbonyl (C=O) groups is 1. The van der Waals surface area contributed by atoms with E-state index in [2.05, 4.69) is 26.1 Å². The molecule has 3 heteroatoms. The van der Waals surface area contributed by atoms with Gasteiger partial charge in [-0.25, -0.2) is 0 Å². The molecule has 1 amide bonds. The summed E-state index contributed by atoms with van der Waals surface area (Å²) in [6.45, 7) is 7.31. The normalized spacial score (nSPS) is 30.4. The van der Waals surface area contributed by atoms with Crippen LogP contribution in [0.25, 0.3) is 0 Å². The maximum atomic E-state index is 12.0. The van der Waals surface area contributed by atoms with Crippen LogP contribution >= 0.6 is 0 Å². The van der Waals surface area contributed by atoms with Crippen LogP contribution in [0.15, 0.2) is 0 Å². The van der Waals surface area contributed by atoms with Crippen molar-refractivity contribution in [1.29, 1.82) is 0 Å². The Morgan fingerprint density at radius 2 is 2.12 bits per heavy atom. The molecule has 0 aliphatic heterocycles. The third-order valence-electron chi connectivity index (χ3n) is 3.59. The first kappa shape index (κ1) is 13.5. The van der Waals surface area contributed by atoms with Crippen molar-refractivity contribution < 1.29 is 4.79 Å². The van der Waals surface area contributed by atoms with Gasteiger partial charge >= 0.3 is 0 Å². The third-order valence-corrected chi connectivity index (χ3v) is 3.59. The molecule has 94 valence electrons. The molecule has 3 unspecified atom stereocenters. The fourth-order valence-corrected chi connectivity index (χ4v) is 2.34. The van der Waals surface area contributed by atoms with Crippen molar-refractivity contribution in [3.8, 4) is 0 Å². The summed E-state index contributed by atoms with van der Waals surface area (Å²) in [4.78, 5) is 12.0. The summed E-state index contributed by atoms with van der Waals surface area (Å²) in [5.41, 5.74) is 5.92.